The van der Waals surface area contributed by atoms with Crippen molar-refractivity contribution in [2.75, 3.05) is 37.7 Å². The summed E-state index contributed by atoms with van der Waals surface area (Å²) in [5.41, 5.74) is 3.32. The molecule has 0 unspecified atom stereocenters. The van der Waals surface area contributed by atoms with Gasteiger partial charge in [-0.15, -0.1) is 0 Å². The molecule has 0 spiro atoms. The monoisotopic (exact) mass is 409 g/mol. The van der Waals surface area contributed by atoms with Crippen LogP contribution in [0.4, 0.5) is 5.13 Å². The number of fused-ring (bicyclic) bond motifs is 1. The van der Waals surface area contributed by atoms with Crippen LogP contribution in [-0.2, 0) is 17.6 Å². The lowest BCUT2D eigenvalue weighted by Gasteiger charge is -2.34. The summed E-state index contributed by atoms with van der Waals surface area (Å²) < 4.78 is 6.85. The molecule has 0 bridgehead atoms. The molecule has 0 aliphatic carbocycles. The lowest BCUT2D eigenvalue weighted by atomic mass is 10.1. The zero-order chi connectivity index (χ0) is 20.2. The van der Waals surface area contributed by atoms with Crippen molar-refractivity contribution in [3.8, 4) is 5.75 Å². The highest BCUT2D eigenvalue weighted by atomic mass is 32.1. The van der Waals surface area contributed by atoms with Crippen LogP contribution in [0, 0.1) is 0 Å². The van der Waals surface area contributed by atoms with E-state index in [2.05, 4.69) is 42.2 Å². The largest absolute Gasteiger partial charge is 0.492 e. The number of anilines is 1. The molecule has 6 heteroatoms. The number of thiazole rings is 1. The fourth-order valence-electron chi connectivity index (χ4n) is 3.65. The number of aromatic nitrogens is 1. The standard InChI is InChI=1S/C23H27N3O2S/c1-3-17-8-10-18(11-9-17)16-21(27)25-12-14-26(15-13-25)23-24-22-19(28-4-2)6-5-7-20(22)29-23/h5-11H,3-4,12-16H2,1-2H3. The third-order valence-corrected chi connectivity index (χ3v) is 6.44. The number of hydrogen-bond donors (Lipinski definition) is 0. The fraction of sp³-hybridized carbons (Fsp3) is 0.391. The average Bonchev–Trinajstić information content (AvgIpc) is 3.20. The first kappa shape index (κ1) is 19.7. The quantitative estimate of drug-likeness (QED) is 0.614. The van der Waals surface area contributed by atoms with Gasteiger partial charge in [0.15, 0.2) is 5.13 Å². The van der Waals surface area contributed by atoms with E-state index in [0.717, 1.165) is 59.3 Å². The minimum absolute atomic E-state index is 0.205. The highest BCUT2D eigenvalue weighted by molar-refractivity contribution is 7.22. The number of amides is 1. The predicted octanol–water partition coefficient (Wildman–Crippen LogP) is 4.15. The first-order chi connectivity index (χ1) is 14.2. The molecule has 2 heterocycles. The van der Waals surface area contributed by atoms with Gasteiger partial charge in [-0.05, 0) is 36.6 Å². The lowest BCUT2D eigenvalue weighted by Crippen LogP contribution is -2.49. The number of para-hydroxylation sites is 1. The number of ether oxygens (including phenoxy) is 1. The molecule has 0 saturated carbocycles. The van der Waals surface area contributed by atoms with E-state index < -0.39 is 0 Å². The Hall–Kier alpha value is -2.60. The average molecular weight is 410 g/mol. The number of aryl methyl sites for hydroxylation is 1. The van der Waals surface area contributed by atoms with E-state index in [1.54, 1.807) is 11.3 Å². The predicted molar refractivity (Wildman–Crippen MR) is 119 cm³/mol. The van der Waals surface area contributed by atoms with Crippen molar-refractivity contribution >= 4 is 32.6 Å². The summed E-state index contributed by atoms with van der Waals surface area (Å²) in [5.74, 6) is 1.05. The molecule has 1 aliphatic heterocycles. The Bertz CT molecular complexity index is 975. The van der Waals surface area contributed by atoms with Crippen molar-refractivity contribution in [2.24, 2.45) is 0 Å². The minimum Gasteiger partial charge on any atom is -0.492 e. The summed E-state index contributed by atoms with van der Waals surface area (Å²) in [6.07, 6.45) is 1.50. The van der Waals surface area contributed by atoms with Gasteiger partial charge in [0, 0.05) is 26.2 Å². The maximum Gasteiger partial charge on any atom is 0.227 e. The molecule has 0 atom stereocenters. The highest BCUT2D eigenvalue weighted by Gasteiger charge is 2.23. The number of nitrogens with zero attached hydrogens (tertiary/aromatic N) is 3. The van der Waals surface area contributed by atoms with Gasteiger partial charge in [0.05, 0.1) is 17.7 Å². The molecule has 1 amide bonds. The Morgan fingerprint density at radius 3 is 2.45 bits per heavy atom. The molecule has 0 radical (unpaired) electrons. The molecule has 3 aromatic rings. The van der Waals surface area contributed by atoms with Crippen molar-refractivity contribution < 1.29 is 9.53 Å². The van der Waals surface area contributed by atoms with Gasteiger partial charge in [0.1, 0.15) is 11.3 Å². The van der Waals surface area contributed by atoms with E-state index >= 15 is 0 Å². The summed E-state index contributed by atoms with van der Waals surface area (Å²) in [4.78, 5) is 21.8. The Morgan fingerprint density at radius 2 is 1.76 bits per heavy atom. The molecule has 0 N–H and O–H groups in total. The number of benzene rings is 2. The van der Waals surface area contributed by atoms with Gasteiger partial charge >= 0.3 is 0 Å². The Balaban J connectivity index is 1.38. The van der Waals surface area contributed by atoms with Crippen LogP contribution in [0.3, 0.4) is 0 Å². The molecule has 1 aromatic heterocycles. The van der Waals surface area contributed by atoms with Gasteiger partial charge in [0.25, 0.3) is 0 Å². The second kappa shape index (κ2) is 8.82. The van der Waals surface area contributed by atoms with Crippen LogP contribution < -0.4 is 9.64 Å². The van der Waals surface area contributed by atoms with Crippen LogP contribution in [0.2, 0.25) is 0 Å². The number of hydrogen-bond acceptors (Lipinski definition) is 5. The number of rotatable bonds is 6. The van der Waals surface area contributed by atoms with Crippen LogP contribution in [0.1, 0.15) is 25.0 Å². The van der Waals surface area contributed by atoms with Gasteiger partial charge < -0.3 is 14.5 Å². The third-order valence-electron chi connectivity index (χ3n) is 5.36. The van der Waals surface area contributed by atoms with E-state index in [9.17, 15) is 4.79 Å². The Kier molecular flexibility index (Phi) is 6.00. The van der Waals surface area contributed by atoms with E-state index in [4.69, 9.17) is 9.72 Å². The second-order valence-corrected chi connectivity index (χ2v) is 8.26. The summed E-state index contributed by atoms with van der Waals surface area (Å²) in [6.45, 7) is 7.85. The zero-order valence-corrected chi connectivity index (χ0v) is 17.9. The van der Waals surface area contributed by atoms with Gasteiger partial charge in [-0.1, -0.05) is 48.6 Å². The second-order valence-electron chi connectivity index (χ2n) is 7.25. The Labute approximate surface area is 175 Å². The molecule has 1 aliphatic rings. The SMILES string of the molecule is CCOc1cccc2sc(N3CCN(C(=O)Cc4ccc(CC)cc4)CC3)nc12. The first-order valence-electron chi connectivity index (χ1n) is 10.3. The van der Waals surface area contributed by atoms with E-state index in [1.807, 2.05) is 24.0 Å². The zero-order valence-electron chi connectivity index (χ0n) is 17.1. The van der Waals surface area contributed by atoms with Gasteiger partial charge in [-0.2, -0.15) is 0 Å². The number of carbonyl (C=O) groups is 1. The minimum atomic E-state index is 0.205. The highest BCUT2D eigenvalue weighted by Crippen LogP contribution is 2.34. The summed E-state index contributed by atoms with van der Waals surface area (Å²) in [7, 11) is 0. The van der Waals surface area contributed by atoms with Crippen LogP contribution >= 0.6 is 11.3 Å². The first-order valence-corrected chi connectivity index (χ1v) is 11.1. The Morgan fingerprint density at radius 1 is 1.03 bits per heavy atom. The fourth-order valence-corrected chi connectivity index (χ4v) is 4.68. The summed E-state index contributed by atoms with van der Waals surface area (Å²) in [5, 5.41) is 1.01. The van der Waals surface area contributed by atoms with Crippen molar-refractivity contribution in [2.45, 2.75) is 26.7 Å². The van der Waals surface area contributed by atoms with E-state index in [1.165, 1.54) is 5.56 Å². The molecule has 4 rings (SSSR count). The van der Waals surface area contributed by atoms with Crippen LogP contribution in [0.15, 0.2) is 42.5 Å². The topological polar surface area (TPSA) is 45.7 Å². The molecule has 5 nitrogen and oxygen atoms in total. The summed E-state index contributed by atoms with van der Waals surface area (Å²) >= 11 is 1.69. The van der Waals surface area contributed by atoms with Gasteiger partial charge in [0.2, 0.25) is 5.91 Å². The molecule has 152 valence electrons. The number of carbonyl (C=O) groups excluding carboxylic acids is 1. The van der Waals surface area contributed by atoms with Crippen LogP contribution in [-0.4, -0.2) is 48.6 Å². The van der Waals surface area contributed by atoms with Crippen LogP contribution in [0.5, 0.6) is 5.75 Å². The molecular weight excluding hydrogens is 382 g/mol. The maximum absolute atomic E-state index is 12.7. The molecular formula is C23H27N3O2S. The lowest BCUT2D eigenvalue weighted by molar-refractivity contribution is -0.130. The molecule has 1 saturated heterocycles. The smallest absolute Gasteiger partial charge is 0.227 e. The normalized spacial score (nSPS) is 14.4. The van der Waals surface area contributed by atoms with Crippen molar-refractivity contribution in [3.63, 3.8) is 0 Å². The van der Waals surface area contributed by atoms with Gasteiger partial charge in [-0.3, -0.25) is 4.79 Å². The third kappa shape index (κ3) is 4.37. The van der Waals surface area contributed by atoms with Crippen LogP contribution in [0.25, 0.3) is 10.2 Å². The van der Waals surface area contributed by atoms with E-state index in [-0.39, 0.29) is 5.91 Å². The van der Waals surface area contributed by atoms with E-state index in [0.29, 0.717) is 13.0 Å². The molecule has 29 heavy (non-hydrogen) atoms. The molecule has 1 fully saturated rings. The maximum atomic E-state index is 12.7. The molecule has 2 aromatic carbocycles. The van der Waals surface area contributed by atoms with Crippen molar-refractivity contribution in [1.82, 2.24) is 9.88 Å². The summed E-state index contributed by atoms with van der Waals surface area (Å²) in [6, 6.07) is 14.4. The number of piperazine rings is 1. The van der Waals surface area contributed by atoms with Gasteiger partial charge in [-0.25, -0.2) is 4.98 Å². The van der Waals surface area contributed by atoms with Crippen molar-refractivity contribution in [3.05, 3.63) is 53.6 Å². The van der Waals surface area contributed by atoms with Crippen molar-refractivity contribution in [1.29, 1.82) is 0 Å².